The van der Waals surface area contributed by atoms with Crippen LogP contribution in [0.2, 0.25) is 0 Å². The maximum Gasteiger partial charge on any atom is 0.406 e. The molecule has 0 heterocycles. The normalized spacial score (nSPS) is 13.3. The van der Waals surface area contributed by atoms with Crippen molar-refractivity contribution in [2.45, 2.75) is 12.1 Å². The number of rotatable bonds is 2. The predicted molar refractivity (Wildman–Crippen MR) is 47.3 cm³/mol. The van der Waals surface area contributed by atoms with Gasteiger partial charge in [-0.15, -0.1) is 0 Å². The van der Waals surface area contributed by atoms with Gasteiger partial charge in [-0.05, 0) is 5.56 Å². The van der Waals surface area contributed by atoms with Gasteiger partial charge in [-0.2, -0.15) is 13.2 Å². The number of esters is 1. The molecule has 2 nitrogen and oxygen atoms in total. The molecule has 0 radical (unpaired) electrons. The van der Waals surface area contributed by atoms with E-state index in [0.717, 1.165) is 7.11 Å². The Kier molecular flexibility index (Phi) is 3.34. The van der Waals surface area contributed by atoms with Crippen LogP contribution in [-0.2, 0) is 9.53 Å². The van der Waals surface area contributed by atoms with Crippen LogP contribution in [0.3, 0.4) is 0 Å². The lowest BCUT2D eigenvalue weighted by molar-refractivity contribution is -0.179. The zero-order valence-electron chi connectivity index (χ0n) is 7.91. The lowest BCUT2D eigenvalue weighted by Gasteiger charge is -2.17. The van der Waals surface area contributed by atoms with Crippen LogP contribution < -0.4 is 0 Å². The third-order valence-corrected chi connectivity index (χ3v) is 1.90. The molecule has 0 amide bonds. The molecule has 0 unspecified atom stereocenters. The molecular formula is C10H9F3O2. The van der Waals surface area contributed by atoms with Crippen molar-refractivity contribution in [2.75, 3.05) is 7.11 Å². The van der Waals surface area contributed by atoms with E-state index in [0.29, 0.717) is 0 Å². The van der Waals surface area contributed by atoms with Crippen molar-refractivity contribution >= 4 is 5.97 Å². The summed E-state index contributed by atoms with van der Waals surface area (Å²) in [7, 11) is 0.935. The summed E-state index contributed by atoms with van der Waals surface area (Å²) in [5.74, 6) is -3.50. The molecule has 1 atom stereocenters. The Balaban J connectivity index is 3.08. The Morgan fingerprint density at radius 3 is 2.20 bits per heavy atom. The molecule has 0 fully saturated rings. The fourth-order valence-electron chi connectivity index (χ4n) is 1.22. The standard InChI is InChI=1S/C10H9F3O2/c1-15-9(14)8(10(11,12)13)7-5-3-2-4-6-7/h2-6,8H,1H3/t8-/m1/s1. The minimum Gasteiger partial charge on any atom is -0.468 e. The zero-order chi connectivity index (χ0) is 11.5. The van der Waals surface area contributed by atoms with Crippen molar-refractivity contribution in [2.24, 2.45) is 0 Å². The quantitative estimate of drug-likeness (QED) is 0.713. The highest BCUT2D eigenvalue weighted by Crippen LogP contribution is 2.35. The lowest BCUT2D eigenvalue weighted by atomic mass is 9.99. The van der Waals surface area contributed by atoms with E-state index in [9.17, 15) is 18.0 Å². The summed E-state index contributed by atoms with van der Waals surface area (Å²) in [6, 6.07) is 6.95. The summed E-state index contributed by atoms with van der Waals surface area (Å²) >= 11 is 0. The second-order valence-electron chi connectivity index (χ2n) is 2.91. The Hall–Kier alpha value is -1.52. The van der Waals surface area contributed by atoms with Gasteiger partial charge in [-0.25, -0.2) is 0 Å². The molecule has 0 spiro atoms. The summed E-state index contributed by atoms with van der Waals surface area (Å²) in [5, 5.41) is 0. The van der Waals surface area contributed by atoms with Crippen molar-refractivity contribution in [3.63, 3.8) is 0 Å². The largest absolute Gasteiger partial charge is 0.468 e. The molecular weight excluding hydrogens is 209 g/mol. The van der Waals surface area contributed by atoms with E-state index in [4.69, 9.17) is 0 Å². The average molecular weight is 218 g/mol. The second kappa shape index (κ2) is 4.33. The van der Waals surface area contributed by atoms with E-state index in [-0.39, 0.29) is 5.56 Å². The van der Waals surface area contributed by atoms with Gasteiger partial charge in [0, 0.05) is 0 Å². The van der Waals surface area contributed by atoms with Gasteiger partial charge >= 0.3 is 12.1 Å². The molecule has 0 bridgehead atoms. The third kappa shape index (κ3) is 2.71. The second-order valence-corrected chi connectivity index (χ2v) is 2.91. The fraction of sp³-hybridized carbons (Fsp3) is 0.300. The van der Waals surface area contributed by atoms with Gasteiger partial charge in [0.15, 0.2) is 5.92 Å². The van der Waals surface area contributed by atoms with Crippen LogP contribution in [0, 0.1) is 0 Å². The van der Waals surface area contributed by atoms with Crippen LogP contribution in [0.5, 0.6) is 0 Å². The number of alkyl halides is 3. The molecule has 1 aromatic carbocycles. The van der Waals surface area contributed by atoms with E-state index < -0.39 is 18.1 Å². The first-order valence-electron chi connectivity index (χ1n) is 4.16. The highest BCUT2D eigenvalue weighted by Gasteiger charge is 2.46. The first kappa shape index (κ1) is 11.6. The molecule has 0 aromatic heterocycles. The van der Waals surface area contributed by atoms with Gasteiger partial charge < -0.3 is 4.74 Å². The van der Waals surface area contributed by atoms with E-state index in [1.54, 1.807) is 6.07 Å². The first-order valence-corrected chi connectivity index (χ1v) is 4.16. The van der Waals surface area contributed by atoms with Crippen LogP contribution in [-0.4, -0.2) is 19.3 Å². The van der Waals surface area contributed by atoms with Gasteiger partial charge in [0.1, 0.15) is 0 Å². The van der Waals surface area contributed by atoms with Crippen LogP contribution >= 0.6 is 0 Å². The monoisotopic (exact) mass is 218 g/mol. The van der Waals surface area contributed by atoms with E-state index in [2.05, 4.69) is 4.74 Å². The van der Waals surface area contributed by atoms with Crippen LogP contribution in [0.15, 0.2) is 30.3 Å². The Morgan fingerprint density at radius 1 is 1.27 bits per heavy atom. The predicted octanol–water partition coefficient (Wildman–Crippen LogP) is 2.51. The molecule has 0 saturated carbocycles. The molecule has 0 aliphatic rings. The topological polar surface area (TPSA) is 26.3 Å². The zero-order valence-corrected chi connectivity index (χ0v) is 7.91. The number of halogens is 3. The molecule has 5 heteroatoms. The fourth-order valence-corrected chi connectivity index (χ4v) is 1.22. The van der Waals surface area contributed by atoms with E-state index >= 15 is 0 Å². The molecule has 0 N–H and O–H groups in total. The molecule has 0 saturated heterocycles. The number of hydrogen-bond donors (Lipinski definition) is 0. The Morgan fingerprint density at radius 2 is 1.80 bits per heavy atom. The van der Waals surface area contributed by atoms with Crippen molar-refractivity contribution in [3.05, 3.63) is 35.9 Å². The number of ether oxygens (including phenoxy) is 1. The van der Waals surface area contributed by atoms with E-state index in [1.165, 1.54) is 24.3 Å². The van der Waals surface area contributed by atoms with Crippen molar-refractivity contribution < 1.29 is 22.7 Å². The molecule has 1 aromatic rings. The number of methoxy groups -OCH3 is 1. The minimum atomic E-state index is -4.63. The number of carbonyl (C=O) groups excluding carboxylic acids is 1. The Bertz CT molecular complexity index is 332. The minimum absolute atomic E-state index is 0.114. The van der Waals surface area contributed by atoms with Gasteiger partial charge in [-0.1, -0.05) is 30.3 Å². The number of carbonyl (C=O) groups is 1. The SMILES string of the molecule is COC(=O)[C@@H](c1ccccc1)C(F)(F)F. The number of hydrogen-bond acceptors (Lipinski definition) is 2. The van der Waals surface area contributed by atoms with Gasteiger partial charge in [0.05, 0.1) is 7.11 Å². The third-order valence-electron chi connectivity index (χ3n) is 1.90. The van der Waals surface area contributed by atoms with Crippen molar-refractivity contribution in [1.29, 1.82) is 0 Å². The first-order chi connectivity index (χ1) is 6.96. The highest BCUT2D eigenvalue weighted by atomic mass is 19.4. The molecule has 0 aliphatic carbocycles. The highest BCUT2D eigenvalue weighted by molar-refractivity contribution is 5.79. The summed E-state index contributed by atoms with van der Waals surface area (Å²) in [5.41, 5.74) is -0.114. The average Bonchev–Trinajstić information content (AvgIpc) is 2.17. The van der Waals surface area contributed by atoms with Crippen molar-refractivity contribution in [1.82, 2.24) is 0 Å². The molecule has 0 aliphatic heterocycles. The smallest absolute Gasteiger partial charge is 0.406 e. The van der Waals surface area contributed by atoms with Gasteiger partial charge in [-0.3, -0.25) is 4.79 Å². The summed E-state index contributed by atoms with van der Waals surface area (Å²) in [6.07, 6.45) is -4.63. The van der Waals surface area contributed by atoms with Gasteiger partial charge in [0.2, 0.25) is 0 Å². The van der Waals surface area contributed by atoms with Gasteiger partial charge in [0.25, 0.3) is 0 Å². The summed E-state index contributed by atoms with van der Waals surface area (Å²) < 4.78 is 41.8. The van der Waals surface area contributed by atoms with Crippen LogP contribution in [0.25, 0.3) is 0 Å². The summed E-state index contributed by atoms with van der Waals surface area (Å²) in [6.45, 7) is 0. The van der Waals surface area contributed by atoms with Crippen LogP contribution in [0.1, 0.15) is 11.5 Å². The maximum absolute atomic E-state index is 12.5. The van der Waals surface area contributed by atoms with Crippen LogP contribution in [0.4, 0.5) is 13.2 Å². The Labute approximate surface area is 84.7 Å². The molecule has 1 rings (SSSR count). The summed E-state index contributed by atoms with van der Waals surface area (Å²) in [4.78, 5) is 11.0. The lowest BCUT2D eigenvalue weighted by Crippen LogP contribution is -2.29. The molecule has 15 heavy (non-hydrogen) atoms. The maximum atomic E-state index is 12.5. The molecule has 82 valence electrons. The van der Waals surface area contributed by atoms with Crippen molar-refractivity contribution in [3.8, 4) is 0 Å². The number of benzene rings is 1. The van der Waals surface area contributed by atoms with E-state index in [1.807, 2.05) is 0 Å².